The molecule has 0 bridgehead atoms. The summed E-state index contributed by atoms with van der Waals surface area (Å²) in [5.41, 5.74) is 2.78. The summed E-state index contributed by atoms with van der Waals surface area (Å²) in [7, 11) is 0. The summed E-state index contributed by atoms with van der Waals surface area (Å²) in [4.78, 5) is 9.00. The minimum atomic E-state index is 0.454. The van der Waals surface area contributed by atoms with E-state index >= 15 is 0 Å². The molecule has 100 valence electrons. The van der Waals surface area contributed by atoms with Crippen LogP contribution in [0.5, 0.6) is 0 Å². The first-order chi connectivity index (χ1) is 9.56. The van der Waals surface area contributed by atoms with Crippen LogP contribution >= 0.6 is 39.1 Å². The van der Waals surface area contributed by atoms with Crippen molar-refractivity contribution in [2.24, 2.45) is 0 Å². The molecule has 0 saturated carbocycles. The van der Waals surface area contributed by atoms with Gasteiger partial charge in [-0.2, -0.15) is 0 Å². The predicted molar refractivity (Wildman–Crippen MR) is 87.4 cm³/mol. The molecule has 0 spiro atoms. The first-order valence-electron chi connectivity index (χ1n) is 5.94. The van der Waals surface area contributed by atoms with Crippen molar-refractivity contribution < 1.29 is 0 Å². The Kier molecular flexibility index (Phi) is 3.67. The van der Waals surface area contributed by atoms with Gasteiger partial charge in [-0.25, -0.2) is 9.97 Å². The molecule has 0 aliphatic rings. The lowest BCUT2D eigenvalue weighted by molar-refractivity contribution is 1.21. The summed E-state index contributed by atoms with van der Waals surface area (Å²) in [6, 6.07) is 11.3. The zero-order chi connectivity index (χ0) is 14.3. The molecule has 5 heteroatoms. The van der Waals surface area contributed by atoms with E-state index in [-0.39, 0.29) is 0 Å². The van der Waals surface area contributed by atoms with Gasteiger partial charge in [-0.1, -0.05) is 39.1 Å². The predicted octanol–water partition coefficient (Wildman–Crippen LogP) is 5.67. The van der Waals surface area contributed by atoms with Crippen LogP contribution in [0.25, 0.3) is 22.3 Å². The maximum atomic E-state index is 6.28. The molecule has 0 aliphatic heterocycles. The van der Waals surface area contributed by atoms with Crippen LogP contribution in [0, 0.1) is 6.92 Å². The third-order valence-electron chi connectivity index (χ3n) is 3.11. The topological polar surface area (TPSA) is 25.8 Å². The van der Waals surface area contributed by atoms with Crippen LogP contribution in [0.1, 0.15) is 5.56 Å². The van der Waals surface area contributed by atoms with Crippen molar-refractivity contribution in [3.05, 3.63) is 56.6 Å². The van der Waals surface area contributed by atoms with Gasteiger partial charge >= 0.3 is 0 Å². The first-order valence-corrected chi connectivity index (χ1v) is 7.49. The van der Waals surface area contributed by atoms with Gasteiger partial charge < -0.3 is 0 Å². The molecule has 0 amide bonds. The summed E-state index contributed by atoms with van der Waals surface area (Å²) in [6.07, 6.45) is 0. The van der Waals surface area contributed by atoms with Gasteiger partial charge in [0.1, 0.15) is 5.15 Å². The molecule has 2 nitrogen and oxygen atoms in total. The Balaban J connectivity index is 2.28. The molecule has 0 N–H and O–H groups in total. The summed E-state index contributed by atoms with van der Waals surface area (Å²) in [5, 5.41) is 1.99. The number of fused-ring (bicyclic) bond motifs is 1. The number of aryl methyl sites for hydroxylation is 1. The average Bonchev–Trinajstić information content (AvgIpc) is 2.44. The fourth-order valence-electron chi connectivity index (χ4n) is 2.00. The SMILES string of the molecule is Cc1c(Br)ccc2c(Cl)nc(-c3ccc(Cl)cc3)nc12. The number of aromatic nitrogens is 2. The number of hydrogen-bond donors (Lipinski definition) is 0. The molecular formula is C15H9BrCl2N2. The third kappa shape index (κ3) is 2.41. The van der Waals surface area contributed by atoms with E-state index in [1.807, 2.05) is 43.3 Å². The molecular weight excluding hydrogens is 359 g/mol. The Labute approximate surface area is 134 Å². The van der Waals surface area contributed by atoms with E-state index < -0.39 is 0 Å². The smallest absolute Gasteiger partial charge is 0.161 e. The molecule has 3 aromatic rings. The maximum Gasteiger partial charge on any atom is 0.161 e. The first kappa shape index (κ1) is 13.8. The monoisotopic (exact) mass is 366 g/mol. The molecule has 0 fully saturated rings. The number of halogens is 3. The Hall–Kier alpha value is -1.16. The fraction of sp³-hybridized carbons (Fsp3) is 0.0667. The van der Waals surface area contributed by atoms with Crippen LogP contribution in [0.4, 0.5) is 0 Å². The normalized spacial score (nSPS) is 11.0. The van der Waals surface area contributed by atoms with Gasteiger partial charge in [0.15, 0.2) is 5.82 Å². The summed E-state index contributed by atoms with van der Waals surface area (Å²) < 4.78 is 1.00. The van der Waals surface area contributed by atoms with Crippen LogP contribution in [0.15, 0.2) is 40.9 Å². The molecule has 2 aromatic carbocycles. The second-order valence-electron chi connectivity index (χ2n) is 4.41. The maximum absolute atomic E-state index is 6.28. The standard InChI is InChI=1S/C15H9BrCl2N2/c1-8-12(16)7-6-11-13(8)19-15(20-14(11)18)9-2-4-10(17)5-3-9/h2-7H,1H3. The molecule has 0 radical (unpaired) electrons. The third-order valence-corrected chi connectivity index (χ3v) is 4.51. The van der Waals surface area contributed by atoms with Crippen molar-refractivity contribution in [2.45, 2.75) is 6.92 Å². The van der Waals surface area contributed by atoms with E-state index in [9.17, 15) is 0 Å². The largest absolute Gasteiger partial charge is 0.228 e. The van der Waals surface area contributed by atoms with Gasteiger partial charge in [-0.05, 0) is 48.9 Å². The van der Waals surface area contributed by atoms with Crippen molar-refractivity contribution in [3.8, 4) is 11.4 Å². The minimum absolute atomic E-state index is 0.454. The van der Waals surface area contributed by atoms with Crippen LogP contribution in [-0.4, -0.2) is 9.97 Å². The van der Waals surface area contributed by atoms with Crippen LogP contribution in [0.2, 0.25) is 10.2 Å². The lowest BCUT2D eigenvalue weighted by atomic mass is 10.1. The highest BCUT2D eigenvalue weighted by atomic mass is 79.9. The van der Waals surface area contributed by atoms with E-state index in [0.717, 1.165) is 26.5 Å². The Morgan fingerprint density at radius 1 is 0.950 bits per heavy atom. The van der Waals surface area contributed by atoms with Gasteiger partial charge in [0.05, 0.1) is 5.52 Å². The number of benzene rings is 2. The lowest BCUT2D eigenvalue weighted by Gasteiger charge is -2.08. The van der Waals surface area contributed by atoms with Crippen molar-refractivity contribution in [1.29, 1.82) is 0 Å². The Morgan fingerprint density at radius 2 is 1.65 bits per heavy atom. The van der Waals surface area contributed by atoms with E-state index in [2.05, 4.69) is 25.9 Å². The number of hydrogen-bond acceptors (Lipinski definition) is 2. The van der Waals surface area contributed by atoms with Gasteiger partial charge in [0, 0.05) is 20.4 Å². The van der Waals surface area contributed by atoms with Gasteiger partial charge in [0.2, 0.25) is 0 Å². The Bertz CT molecular complexity index is 801. The molecule has 20 heavy (non-hydrogen) atoms. The van der Waals surface area contributed by atoms with E-state index in [4.69, 9.17) is 23.2 Å². The number of nitrogens with zero attached hydrogens (tertiary/aromatic N) is 2. The molecule has 1 heterocycles. The van der Waals surface area contributed by atoms with Crippen LogP contribution < -0.4 is 0 Å². The zero-order valence-electron chi connectivity index (χ0n) is 10.5. The fourth-order valence-corrected chi connectivity index (χ4v) is 2.68. The van der Waals surface area contributed by atoms with E-state index in [1.165, 1.54) is 0 Å². The quantitative estimate of drug-likeness (QED) is 0.517. The van der Waals surface area contributed by atoms with Crippen molar-refractivity contribution in [1.82, 2.24) is 9.97 Å². The van der Waals surface area contributed by atoms with E-state index in [1.54, 1.807) is 0 Å². The molecule has 0 atom stereocenters. The highest BCUT2D eigenvalue weighted by Crippen LogP contribution is 2.30. The lowest BCUT2D eigenvalue weighted by Crippen LogP contribution is -1.94. The van der Waals surface area contributed by atoms with Gasteiger partial charge in [0.25, 0.3) is 0 Å². The second kappa shape index (κ2) is 5.32. The van der Waals surface area contributed by atoms with Gasteiger partial charge in [-0.15, -0.1) is 0 Å². The number of rotatable bonds is 1. The summed E-state index contributed by atoms with van der Waals surface area (Å²) in [6.45, 7) is 2.00. The van der Waals surface area contributed by atoms with Gasteiger partial charge in [-0.3, -0.25) is 0 Å². The highest BCUT2D eigenvalue weighted by molar-refractivity contribution is 9.10. The zero-order valence-corrected chi connectivity index (χ0v) is 13.6. The van der Waals surface area contributed by atoms with Crippen LogP contribution in [-0.2, 0) is 0 Å². The minimum Gasteiger partial charge on any atom is -0.228 e. The second-order valence-corrected chi connectivity index (χ2v) is 6.06. The molecule has 1 aromatic heterocycles. The van der Waals surface area contributed by atoms with E-state index in [0.29, 0.717) is 16.0 Å². The van der Waals surface area contributed by atoms with Crippen molar-refractivity contribution in [2.75, 3.05) is 0 Å². The Morgan fingerprint density at radius 3 is 2.35 bits per heavy atom. The van der Waals surface area contributed by atoms with Crippen molar-refractivity contribution >= 4 is 50.0 Å². The molecule has 3 rings (SSSR count). The summed E-state index contributed by atoms with van der Waals surface area (Å²) >= 11 is 15.7. The average molecular weight is 368 g/mol. The van der Waals surface area contributed by atoms with Crippen molar-refractivity contribution in [3.63, 3.8) is 0 Å². The molecule has 0 unspecified atom stereocenters. The molecule has 0 saturated heterocycles. The van der Waals surface area contributed by atoms with Crippen LogP contribution in [0.3, 0.4) is 0 Å². The summed E-state index contributed by atoms with van der Waals surface area (Å²) in [5.74, 6) is 0.598. The molecule has 0 aliphatic carbocycles. The highest BCUT2D eigenvalue weighted by Gasteiger charge is 2.11.